The van der Waals surface area contributed by atoms with Gasteiger partial charge in [-0.25, -0.2) is 13.4 Å². The highest BCUT2D eigenvalue weighted by Gasteiger charge is 2.16. The molecule has 0 aliphatic carbocycles. The minimum atomic E-state index is -3.78. The van der Waals surface area contributed by atoms with Crippen LogP contribution in [0.2, 0.25) is 10.0 Å². The average molecular weight is 382 g/mol. The normalized spacial score (nSPS) is 11.3. The van der Waals surface area contributed by atoms with Gasteiger partial charge in [-0.15, -0.1) is 0 Å². The van der Waals surface area contributed by atoms with Crippen LogP contribution in [-0.4, -0.2) is 13.4 Å². The van der Waals surface area contributed by atoms with Crippen LogP contribution in [0.5, 0.6) is 0 Å². The van der Waals surface area contributed by atoms with Gasteiger partial charge in [0.1, 0.15) is 10.4 Å². The van der Waals surface area contributed by atoms with E-state index in [1.165, 1.54) is 24.3 Å². The number of sulfonamides is 1. The molecule has 0 saturated carbocycles. The molecule has 4 nitrogen and oxygen atoms in total. The van der Waals surface area contributed by atoms with Crippen LogP contribution in [0.4, 0.5) is 5.82 Å². The van der Waals surface area contributed by atoms with Gasteiger partial charge in [0.25, 0.3) is 10.0 Å². The number of hydrogen-bond acceptors (Lipinski definition) is 3. The Hall–Kier alpha value is -0.820. The van der Waals surface area contributed by atoms with Crippen LogP contribution in [0.15, 0.2) is 45.9 Å². The fourth-order valence-electron chi connectivity index (χ4n) is 1.35. The number of anilines is 1. The van der Waals surface area contributed by atoms with Crippen molar-refractivity contribution in [2.24, 2.45) is 0 Å². The molecule has 19 heavy (non-hydrogen) atoms. The zero-order valence-electron chi connectivity index (χ0n) is 9.27. The highest BCUT2D eigenvalue weighted by Crippen LogP contribution is 2.24. The van der Waals surface area contributed by atoms with Gasteiger partial charge in [0, 0.05) is 10.0 Å². The molecule has 8 heteroatoms. The quantitative estimate of drug-likeness (QED) is 0.818. The summed E-state index contributed by atoms with van der Waals surface area (Å²) >= 11 is 14.7. The van der Waals surface area contributed by atoms with Gasteiger partial charge in [-0.05, 0) is 46.3 Å². The number of hydrogen-bond donors (Lipinski definition) is 1. The molecule has 0 unspecified atom stereocenters. The molecule has 0 aliphatic rings. The van der Waals surface area contributed by atoms with Crippen LogP contribution in [0.1, 0.15) is 0 Å². The van der Waals surface area contributed by atoms with Crippen molar-refractivity contribution in [3.63, 3.8) is 0 Å². The summed E-state index contributed by atoms with van der Waals surface area (Å²) in [5.74, 6) is 0.200. The monoisotopic (exact) mass is 380 g/mol. The summed E-state index contributed by atoms with van der Waals surface area (Å²) < 4.78 is 27.1. The Morgan fingerprint density at radius 2 is 1.74 bits per heavy atom. The number of benzene rings is 1. The molecule has 100 valence electrons. The molecule has 0 fully saturated rings. The molecule has 0 bridgehead atoms. The van der Waals surface area contributed by atoms with E-state index in [9.17, 15) is 8.42 Å². The number of rotatable bonds is 3. The van der Waals surface area contributed by atoms with E-state index in [0.29, 0.717) is 4.60 Å². The summed E-state index contributed by atoms with van der Waals surface area (Å²) in [6.07, 6.45) is 0. The van der Waals surface area contributed by atoms with E-state index in [2.05, 4.69) is 25.6 Å². The van der Waals surface area contributed by atoms with Crippen LogP contribution < -0.4 is 4.72 Å². The second kappa shape index (κ2) is 5.66. The molecule has 0 spiro atoms. The topological polar surface area (TPSA) is 59.1 Å². The van der Waals surface area contributed by atoms with E-state index >= 15 is 0 Å². The third-order valence-corrected chi connectivity index (χ3v) is 4.31. The van der Waals surface area contributed by atoms with Crippen molar-refractivity contribution < 1.29 is 8.42 Å². The molecule has 2 rings (SSSR count). The summed E-state index contributed by atoms with van der Waals surface area (Å²) in [5, 5.41) is 0.491. The molecule has 1 aromatic heterocycles. The first-order valence-electron chi connectivity index (χ1n) is 4.98. The van der Waals surface area contributed by atoms with Gasteiger partial charge in [-0.3, -0.25) is 4.72 Å². The van der Waals surface area contributed by atoms with E-state index < -0.39 is 10.0 Å². The maximum Gasteiger partial charge on any atom is 0.263 e. The van der Waals surface area contributed by atoms with E-state index in [1.807, 2.05) is 0 Å². The molecule has 1 aromatic carbocycles. The minimum Gasteiger partial charge on any atom is -0.263 e. The number of nitrogens with zero attached hydrogens (tertiary/aromatic N) is 1. The summed E-state index contributed by atoms with van der Waals surface area (Å²) in [7, 11) is -3.78. The smallest absolute Gasteiger partial charge is 0.263 e. The summed E-state index contributed by atoms with van der Waals surface area (Å²) in [6, 6.07) is 8.98. The highest BCUT2D eigenvalue weighted by molar-refractivity contribution is 9.10. The Bertz CT molecular complexity index is 702. The predicted molar refractivity (Wildman–Crippen MR) is 79.2 cm³/mol. The molecule has 0 amide bonds. The Morgan fingerprint density at radius 1 is 1.11 bits per heavy atom. The fourth-order valence-corrected chi connectivity index (χ4v) is 3.42. The Labute approximate surface area is 128 Å². The number of nitrogens with one attached hydrogen (secondary N) is 1. The van der Waals surface area contributed by atoms with E-state index in [1.54, 1.807) is 12.1 Å². The molecule has 1 heterocycles. The first-order valence-corrected chi connectivity index (χ1v) is 8.01. The molecule has 0 radical (unpaired) electrons. The Balaban J connectivity index is 2.37. The Morgan fingerprint density at radius 3 is 2.32 bits per heavy atom. The lowest BCUT2D eigenvalue weighted by Crippen LogP contribution is -2.14. The molecular weight excluding hydrogens is 375 g/mol. The van der Waals surface area contributed by atoms with Gasteiger partial charge in [-0.1, -0.05) is 29.3 Å². The van der Waals surface area contributed by atoms with Gasteiger partial charge in [0.05, 0.1) is 4.90 Å². The molecule has 1 N–H and O–H groups in total. The van der Waals surface area contributed by atoms with Crippen molar-refractivity contribution in [3.05, 3.63) is 51.0 Å². The summed E-state index contributed by atoms with van der Waals surface area (Å²) in [4.78, 5) is 3.97. The SMILES string of the molecule is O=S(=O)(Nc1cccc(Br)n1)c1cc(Cl)cc(Cl)c1. The zero-order chi connectivity index (χ0) is 14.0. The minimum absolute atomic E-state index is 0.0215. The third-order valence-electron chi connectivity index (χ3n) is 2.10. The van der Waals surface area contributed by atoms with Crippen molar-refractivity contribution >= 4 is 55.0 Å². The second-order valence-corrected chi connectivity index (χ2v) is 6.92. The van der Waals surface area contributed by atoms with Crippen molar-refractivity contribution in [1.29, 1.82) is 0 Å². The molecular formula is C11H7BrCl2N2O2S. The van der Waals surface area contributed by atoms with Crippen LogP contribution in [0.3, 0.4) is 0 Å². The van der Waals surface area contributed by atoms with Crippen molar-refractivity contribution in [2.75, 3.05) is 4.72 Å². The number of pyridine rings is 1. The summed E-state index contributed by atoms with van der Waals surface area (Å²) in [5.41, 5.74) is 0. The average Bonchev–Trinajstić information content (AvgIpc) is 2.26. The van der Waals surface area contributed by atoms with Crippen LogP contribution in [0, 0.1) is 0 Å². The lowest BCUT2D eigenvalue weighted by atomic mass is 10.4. The van der Waals surface area contributed by atoms with E-state index in [4.69, 9.17) is 23.2 Å². The van der Waals surface area contributed by atoms with E-state index in [0.717, 1.165) is 0 Å². The number of halogens is 3. The first-order chi connectivity index (χ1) is 8.87. The van der Waals surface area contributed by atoms with Crippen LogP contribution in [0.25, 0.3) is 0 Å². The van der Waals surface area contributed by atoms with Gasteiger partial charge in [0.15, 0.2) is 0 Å². The van der Waals surface area contributed by atoms with Crippen molar-refractivity contribution in [3.8, 4) is 0 Å². The highest BCUT2D eigenvalue weighted by atomic mass is 79.9. The van der Waals surface area contributed by atoms with Gasteiger partial charge in [-0.2, -0.15) is 0 Å². The Kier molecular flexibility index (Phi) is 4.35. The van der Waals surface area contributed by atoms with Gasteiger partial charge < -0.3 is 0 Å². The van der Waals surface area contributed by atoms with Crippen molar-refractivity contribution in [2.45, 2.75) is 4.90 Å². The largest absolute Gasteiger partial charge is 0.263 e. The maximum atomic E-state index is 12.1. The van der Waals surface area contributed by atoms with E-state index in [-0.39, 0.29) is 20.8 Å². The van der Waals surface area contributed by atoms with Crippen LogP contribution >= 0.6 is 39.1 Å². The molecule has 0 aliphatic heterocycles. The molecule has 0 saturated heterocycles. The van der Waals surface area contributed by atoms with Crippen molar-refractivity contribution in [1.82, 2.24) is 4.98 Å². The second-order valence-electron chi connectivity index (χ2n) is 3.56. The first kappa shape index (κ1) is 14.6. The van der Waals surface area contributed by atoms with Gasteiger partial charge >= 0.3 is 0 Å². The van der Waals surface area contributed by atoms with Crippen LogP contribution in [-0.2, 0) is 10.0 Å². The fraction of sp³-hybridized carbons (Fsp3) is 0. The maximum absolute atomic E-state index is 12.1. The summed E-state index contributed by atoms with van der Waals surface area (Å²) in [6.45, 7) is 0. The predicted octanol–water partition coefficient (Wildman–Crippen LogP) is 3.95. The zero-order valence-corrected chi connectivity index (χ0v) is 13.2. The molecule has 2 aromatic rings. The number of aromatic nitrogens is 1. The lowest BCUT2D eigenvalue weighted by molar-refractivity contribution is 0.601. The van der Waals surface area contributed by atoms with Gasteiger partial charge in [0.2, 0.25) is 0 Å². The lowest BCUT2D eigenvalue weighted by Gasteiger charge is -2.08. The third kappa shape index (κ3) is 3.82. The standard InChI is InChI=1S/C11H7BrCl2N2O2S/c12-10-2-1-3-11(15-10)16-19(17,18)9-5-7(13)4-8(14)6-9/h1-6H,(H,15,16). The molecule has 0 atom stereocenters.